The van der Waals surface area contributed by atoms with Gasteiger partial charge in [-0.15, -0.1) is 0 Å². The zero-order valence-corrected chi connectivity index (χ0v) is 15.4. The highest BCUT2D eigenvalue weighted by atomic mass is 32.2. The molecular weight excluding hydrogens is 346 g/mol. The van der Waals surface area contributed by atoms with Gasteiger partial charge in [-0.3, -0.25) is 4.79 Å². The summed E-state index contributed by atoms with van der Waals surface area (Å²) in [5.74, 6) is 0.0733. The van der Waals surface area contributed by atoms with Crippen molar-refractivity contribution < 1.29 is 4.79 Å². The number of hydrogen-bond acceptors (Lipinski definition) is 5. The lowest BCUT2D eigenvalue weighted by molar-refractivity contribution is -0.120. The van der Waals surface area contributed by atoms with E-state index in [1.165, 1.54) is 30.9 Å². The van der Waals surface area contributed by atoms with Crippen molar-refractivity contribution in [3.8, 4) is 5.69 Å². The van der Waals surface area contributed by atoms with Crippen molar-refractivity contribution in [3.05, 3.63) is 42.9 Å². The minimum absolute atomic E-state index is 0.0733. The van der Waals surface area contributed by atoms with Crippen molar-refractivity contribution >= 4 is 28.7 Å². The van der Waals surface area contributed by atoms with Gasteiger partial charge in [-0.1, -0.05) is 42.8 Å². The number of aromatic nitrogens is 4. The number of benzene rings is 1. The molecule has 1 atom stereocenters. The summed E-state index contributed by atoms with van der Waals surface area (Å²) < 4.78 is 1.80. The van der Waals surface area contributed by atoms with Gasteiger partial charge in [-0.25, -0.2) is 14.6 Å². The number of nitrogens with zero attached hydrogens (tertiary/aromatic N) is 4. The molecule has 1 aliphatic carbocycles. The first-order valence-electron chi connectivity index (χ1n) is 8.93. The maximum Gasteiger partial charge on any atom is 0.233 e. The SMILES string of the molecule is C[C@H](Sc1ncnc2c1cnn2-c1ccccc1)C(=O)NC1CCCC1. The maximum absolute atomic E-state index is 12.5. The number of para-hydroxylation sites is 1. The molecule has 26 heavy (non-hydrogen) atoms. The fourth-order valence-corrected chi connectivity index (χ4v) is 4.17. The van der Waals surface area contributed by atoms with Gasteiger partial charge in [0.05, 0.1) is 22.5 Å². The first-order chi connectivity index (χ1) is 12.7. The number of carbonyl (C=O) groups excluding carboxylic acids is 1. The molecule has 134 valence electrons. The molecule has 1 amide bonds. The van der Waals surface area contributed by atoms with E-state index in [0.717, 1.165) is 34.6 Å². The van der Waals surface area contributed by atoms with E-state index in [2.05, 4.69) is 20.4 Å². The number of thioether (sulfide) groups is 1. The van der Waals surface area contributed by atoms with Crippen LogP contribution >= 0.6 is 11.8 Å². The highest BCUT2D eigenvalue weighted by molar-refractivity contribution is 8.00. The minimum atomic E-state index is -0.214. The summed E-state index contributed by atoms with van der Waals surface area (Å²) in [6.45, 7) is 1.92. The van der Waals surface area contributed by atoms with E-state index in [9.17, 15) is 4.79 Å². The second-order valence-corrected chi connectivity index (χ2v) is 7.89. The van der Waals surface area contributed by atoms with Crippen LogP contribution in [-0.2, 0) is 4.79 Å². The zero-order chi connectivity index (χ0) is 17.9. The first-order valence-corrected chi connectivity index (χ1v) is 9.81. The van der Waals surface area contributed by atoms with E-state index < -0.39 is 0 Å². The summed E-state index contributed by atoms with van der Waals surface area (Å²) in [7, 11) is 0. The molecule has 1 N–H and O–H groups in total. The van der Waals surface area contributed by atoms with Crippen LogP contribution in [0.1, 0.15) is 32.6 Å². The Bertz CT molecular complexity index is 905. The molecule has 1 aliphatic rings. The Balaban J connectivity index is 1.55. The van der Waals surface area contributed by atoms with Crippen LogP contribution in [0.5, 0.6) is 0 Å². The van der Waals surface area contributed by atoms with Crippen LogP contribution in [0.15, 0.2) is 47.9 Å². The maximum atomic E-state index is 12.5. The average Bonchev–Trinajstić information content (AvgIpc) is 3.32. The number of rotatable bonds is 5. The van der Waals surface area contributed by atoms with Gasteiger partial charge in [0.25, 0.3) is 0 Å². The van der Waals surface area contributed by atoms with Gasteiger partial charge in [0.2, 0.25) is 5.91 Å². The smallest absolute Gasteiger partial charge is 0.233 e. The van der Waals surface area contributed by atoms with Crippen LogP contribution in [0, 0.1) is 0 Å². The summed E-state index contributed by atoms with van der Waals surface area (Å²) in [6, 6.07) is 10.2. The number of fused-ring (bicyclic) bond motifs is 1. The third-order valence-corrected chi connectivity index (χ3v) is 5.81. The molecule has 0 aliphatic heterocycles. The molecule has 0 radical (unpaired) electrons. The molecule has 6 nitrogen and oxygen atoms in total. The summed E-state index contributed by atoms with van der Waals surface area (Å²) in [5.41, 5.74) is 1.70. The Morgan fingerprint density at radius 3 is 2.77 bits per heavy atom. The highest BCUT2D eigenvalue weighted by Gasteiger charge is 2.23. The van der Waals surface area contributed by atoms with Gasteiger partial charge >= 0.3 is 0 Å². The monoisotopic (exact) mass is 367 g/mol. The van der Waals surface area contributed by atoms with E-state index >= 15 is 0 Å². The largest absolute Gasteiger partial charge is 0.352 e. The molecule has 0 unspecified atom stereocenters. The van der Waals surface area contributed by atoms with Crippen molar-refractivity contribution in [2.24, 2.45) is 0 Å². The Morgan fingerprint density at radius 1 is 1.23 bits per heavy atom. The Morgan fingerprint density at radius 2 is 2.00 bits per heavy atom. The van der Waals surface area contributed by atoms with Crippen molar-refractivity contribution in [3.63, 3.8) is 0 Å². The molecule has 1 fully saturated rings. The highest BCUT2D eigenvalue weighted by Crippen LogP contribution is 2.29. The van der Waals surface area contributed by atoms with Crippen LogP contribution < -0.4 is 5.32 Å². The number of carbonyl (C=O) groups is 1. The molecule has 0 saturated heterocycles. The lowest BCUT2D eigenvalue weighted by atomic mass is 10.2. The van der Waals surface area contributed by atoms with E-state index in [1.54, 1.807) is 10.9 Å². The average molecular weight is 367 g/mol. The van der Waals surface area contributed by atoms with Gasteiger partial charge in [0.1, 0.15) is 11.4 Å². The molecular formula is C19H21N5OS. The van der Waals surface area contributed by atoms with Crippen LogP contribution in [0.3, 0.4) is 0 Å². The van der Waals surface area contributed by atoms with Crippen LogP contribution in [0.4, 0.5) is 0 Å². The number of nitrogens with one attached hydrogen (secondary N) is 1. The van der Waals surface area contributed by atoms with Crippen molar-refractivity contribution in [1.29, 1.82) is 0 Å². The molecule has 2 heterocycles. The molecule has 4 rings (SSSR count). The Kier molecular flexibility index (Phi) is 4.88. The second kappa shape index (κ2) is 7.45. The van der Waals surface area contributed by atoms with Crippen molar-refractivity contribution in [2.75, 3.05) is 0 Å². The predicted octanol–water partition coefficient (Wildman–Crippen LogP) is 3.35. The third kappa shape index (κ3) is 3.44. The van der Waals surface area contributed by atoms with Crippen LogP contribution in [0.2, 0.25) is 0 Å². The number of amides is 1. The summed E-state index contributed by atoms with van der Waals surface area (Å²) in [4.78, 5) is 21.2. The van der Waals surface area contributed by atoms with E-state index in [4.69, 9.17) is 0 Å². The Hall–Kier alpha value is -2.41. The molecule has 0 spiro atoms. The molecule has 1 saturated carbocycles. The predicted molar refractivity (Wildman–Crippen MR) is 102 cm³/mol. The number of hydrogen-bond donors (Lipinski definition) is 1. The van der Waals surface area contributed by atoms with E-state index in [0.29, 0.717) is 6.04 Å². The molecule has 2 aromatic heterocycles. The molecule has 7 heteroatoms. The van der Waals surface area contributed by atoms with Crippen molar-refractivity contribution in [1.82, 2.24) is 25.1 Å². The zero-order valence-electron chi connectivity index (χ0n) is 14.6. The second-order valence-electron chi connectivity index (χ2n) is 6.56. The standard InChI is InChI=1S/C19H21N5OS/c1-13(18(25)23-14-7-5-6-8-14)26-19-16-11-22-24(17(16)20-12-21-19)15-9-3-2-4-10-15/h2-4,9-14H,5-8H2,1H3,(H,23,25)/t13-/m0/s1. The van der Waals surface area contributed by atoms with Crippen LogP contribution in [0.25, 0.3) is 16.7 Å². The molecule has 0 bridgehead atoms. The van der Waals surface area contributed by atoms with Gasteiger partial charge < -0.3 is 5.32 Å². The molecule has 3 aromatic rings. The Labute approximate surface area is 156 Å². The van der Waals surface area contributed by atoms with Gasteiger partial charge in [-0.05, 0) is 31.9 Å². The molecule has 1 aromatic carbocycles. The fourth-order valence-electron chi connectivity index (χ4n) is 3.28. The van der Waals surface area contributed by atoms with Gasteiger partial charge in [0, 0.05) is 6.04 Å². The summed E-state index contributed by atoms with van der Waals surface area (Å²) in [6.07, 6.45) is 7.89. The van der Waals surface area contributed by atoms with Crippen molar-refractivity contribution in [2.45, 2.75) is 48.9 Å². The quantitative estimate of drug-likeness (QED) is 0.553. The topological polar surface area (TPSA) is 72.7 Å². The first kappa shape index (κ1) is 17.0. The van der Waals surface area contributed by atoms with Gasteiger partial charge in [-0.2, -0.15) is 5.10 Å². The lowest BCUT2D eigenvalue weighted by Crippen LogP contribution is -2.37. The minimum Gasteiger partial charge on any atom is -0.352 e. The lowest BCUT2D eigenvalue weighted by Gasteiger charge is -2.16. The van der Waals surface area contributed by atoms with Gasteiger partial charge in [0.15, 0.2) is 5.65 Å². The summed E-state index contributed by atoms with van der Waals surface area (Å²) >= 11 is 1.46. The summed E-state index contributed by atoms with van der Waals surface area (Å²) in [5, 5.41) is 9.05. The third-order valence-electron chi connectivity index (χ3n) is 4.69. The normalized spacial score (nSPS) is 16.0. The fraction of sp³-hybridized carbons (Fsp3) is 0.368. The van der Waals surface area contributed by atoms with E-state index in [-0.39, 0.29) is 11.2 Å². The van der Waals surface area contributed by atoms with Crippen LogP contribution in [-0.4, -0.2) is 36.9 Å². The van der Waals surface area contributed by atoms with E-state index in [1.807, 2.05) is 37.3 Å².